The molecule has 0 aliphatic rings. The highest BCUT2D eigenvalue weighted by molar-refractivity contribution is 5.28. The van der Waals surface area contributed by atoms with Crippen molar-refractivity contribution in [2.24, 2.45) is 0 Å². The molecule has 0 fully saturated rings. The average Bonchev–Trinajstić information content (AvgIpc) is 2.33. The van der Waals surface area contributed by atoms with Crippen LogP contribution < -0.4 is 10.1 Å². The Morgan fingerprint density at radius 2 is 2.12 bits per heavy atom. The van der Waals surface area contributed by atoms with Gasteiger partial charge in [0.25, 0.3) is 0 Å². The second kappa shape index (κ2) is 8.13. The smallest absolute Gasteiger partial charge is 0.119 e. The van der Waals surface area contributed by atoms with Gasteiger partial charge in [-0.3, -0.25) is 0 Å². The molecule has 0 atom stereocenters. The Labute approximate surface area is 97.8 Å². The van der Waals surface area contributed by atoms with Gasteiger partial charge in [-0.25, -0.2) is 0 Å². The van der Waals surface area contributed by atoms with Crippen molar-refractivity contribution in [2.75, 3.05) is 26.9 Å². The van der Waals surface area contributed by atoms with Crippen molar-refractivity contribution < 1.29 is 9.47 Å². The maximum atomic E-state index is 5.62. The molecule has 0 aromatic heterocycles. The molecule has 3 nitrogen and oxygen atoms in total. The molecule has 90 valence electrons. The molecule has 0 saturated carbocycles. The Morgan fingerprint density at radius 1 is 1.25 bits per heavy atom. The molecule has 0 aliphatic carbocycles. The van der Waals surface area contributed by atoms with Crippen LogP contribution in [0.15, 0.2) is 24.3 Å². The van der Waals surface area contributed by atoms with Crippen LogP contribution in [0.3, 0.4) is 0 Å². The monoisotopic (exact) mass is 223 g/mol. The van der Waals surface area contributed by atoms with Crippen LogP contribution >= 0.6 is 0 Å². The van der Waals surface area contributed by atoms with Crippen molar-refractivity contribution in [3.63, 3.8) is 0 Å². The van der Waals surface area contributed by atoms with Gasteiger partial charge in [-0.05, 0) is 24.2 Å². The van der Waals surface area contributed by atoms with E-state index in [9.17, 15) is 0 Å². The zero-order valence-corrected chi connectivity index (χ0v) is 10.2. The lowest BCUT2D eigenvalue weighted by molar-refractivity contribution is 0.172. The second-order valence-electron chi connectivity index (χ2n) is 3.62. The molecule has 16 heavy (non-hydrogen) atoms. The summed E-state index contributed by atoms with van der Waals surface area (Å²) in [6.07, 6.45) is 0.925. The minimum atomic E-state index is 0.707. The first-order chi connectivity index (χ1) is 7.86. The zero-order chi connectivity index (χ0) is 11.6. The highest BCUT2D eigenvalue weighted by Gasteiger charge is 1.96. The van der Waals surface area contributed by atoms with Gasteiger partial charge in [0.1, 0.15) is 5.75 Å². The van der Waals surface area contributed by atoms with E-state index in [-0.39, 0.29) is 0 Å². The van der Waals surface area contributed by atoms with E-state index in [0.29, 0.717) is 6.61 Å². The van der Waals surface area contributed by atoms with Crippen LogP contribution in [0.2, 0.25) is 0 Å². The summed E-state index contributed by atoms with van der Waals surface area (Å²) in [5.41, 5.74) is 1.26. The predicted molar refractivity (Wildman–Crippen MR) is 65.8 cm³/mol. The largest absolute Gasteiger partial charge is 0.493 e. The van der Waals surface area contributed by atoms with Crippen molar-refractivity contribution >= 4 is 0 Å². The Bertz CT molecular complexity index is 289. The molecule has 0 heterocycles. The maximum absolute atomic E-state index is 5.62. The average molecular weight is 223 g/mol. The molecule has 0 radical (unpaired) electrons. The van der Waals surface area contributed by atoms with Gasteiger partial charge in [-0.15, -0.1) is 0 Å². The maximum Gasteiger partial charge on any atom is 0.119 e. The minimum Gasteiger partial charge on any atom is -0.493 e. The highest BCUT2D eigenvalue weighted by atomic mass is 16.5. The third-order valence-corrected chi connectivity index (χ3v) is 2.24. The standard InChI is InChI=1S/C13H21NO2/c1-3-14-11-12-6-4-7-13(10-12)16-9-5-8-15-2/h4,6-7,10,14H,3,5,8-9,11H2,1-2H3. The Morgan fingerprint density at radius 3 is 2.88 bits per heavy atom. The van der Waals surface area contributed by atoms with Crippen molar-refractivity contribution in [3.05, 3.63) is 29.8 Å². The Balaban J connectivity index is 2.35. The van der Waals surface area contributed by atoms with Gasteiger partial charge in [0.05, 0.1) is 6.61 Å². The van der Waals surface area contributed by atoms with E-state index in [1.54, 1.807) is 7.11 Å². The van der Waals surface area contributed by atoms with Gasteiger partial charge in [-0.1, -0.05) is 19.1 Å². The van der Waals surface area contributed by atoms with Crippen molar-refractivity contribution in [1.29, 1.82) is 0 Å². The summed E-state index contributed by atoms with van der Waals surface area (Å²) in [6.45, 7) is 5.44. The number of benzene rings is 1. The third-order valence-electron chi connectivity index (χ3n) is 2.24. The first-order valence-corrected chi connectivity index (χ1v) is 5.78. The van der Waals surface area contributed by atoms with E-state index < -0.39 is 0 Å². The van der Waals surface area contributed by atoms with Crippen LogP contribution in [0, 0.1) is 0 Å². The van der Waals surface area contributed by atoms with Crippen molar-refractivity contribution in [1.82, 2.24) is 5.32 Å². The van der Waals surface area contributed by atoms with Gasteiger partial charge < -0.3 is 14.8 Å². The van der Waals surface area contributed by atoms with E-state index in [0.717, 1.165) is 31.9 Å². The van der Waals surface area contributed by atoms with Crippen LogP contribution in [0.4, 0.5) is 0 Å². The normalized spacial score (nSPS) is 10.4. The summed E-state index contributed by atoms with van der Waals surface area (Å²) in [4.78, 5) is 0. The number of ether oxygens (including phenoxy) is 2. The molecule has 0 saturated heterocycles. The second-order valence-corrected chi connectivity index (χ2v) is 3.62. The third kappa shape index (κ3) is 5.14. The minimum absolute atomic E-state index is 0.707. The van der Waals surface area contributed by atoms with Crippen LogP contribution in [0.5, 0.6) is 5.75 Å². The Hall–Kier alpha value is -1.06. The molecule has 3 heteroatoms. The van der Waals surface area contributed by atoms with Crippen LogP contribution in [0.25, 0.3) is 0 Å². The molecule has 1 N–H and O–H groups in total. The molecule has 1 aromatic rings. The summed E-state index contributed by atoms with van der Waals surface area (Å²) >= 11 is 0. The number of hydrogen-bond acceptors (Lipinski definition) is 3. The predicted octanol–water partition coefficient (Wildman–Crippen LogP) is 2.21. The van der Waals surface area contributed by atoms with Gasteiger partial charge in [0, 0.05) is 26.7 Å². The number of rotatable bonds is 8. The summed E-state index contributed by atoms with van der Waals surface area (Å²) in [6, 6.07) is 8.20. The van der Waals surface area contributed by atoms with E-state index in [4.69, 9.17) is 9.47 Å². The summed E-state index contributed by atoms with van der Waals surface area (Å²) < 4.78 is 10.6. The topological polar surface area (TPSA) is 30.5 Å². The quantitative estimate of drug-likeness (QED) is 0.685. The summed E-state index contributed by atoms with van der Waals surface area (Å²) in [5.74, 6) is 0.937. The SMILES string of the molecule is CCNCc1cccc(OCCCOC)c1. The summed E-state index contributed by atoms with van der Waals surface area (Å²) in [5, 5.41) is 3.29. The number of methoxy groups -OCH3 is 1. The molecule has 0 aliphatic heterocycles. The van der Waals surface area contributed by atoms with E-state index in [1.807, 2.05) is 12.1 Å². The van der Waals surface area contributed by atoms with Gasteiger partial charge in [-0.2, -0.15) is 0 Å². The van der Waals surface area contributed by atoms with Gasteiger partial charge >= 0.3 is 0 Å². The Kier molecular flexibility index (Phi) is 6.61. The molecule has 0 amide bonds. The van der Waals surface area contributed by atoms with E-state index >= 15 is 0 Å². The van der Waals surface area contributed by atoms with E-state index in [2.05, 4.69) is 24.4 Å². The highest BCUT2D eigenvalue weighted by Crippen LogP contribution is 2.13. The fraction of sp³-hybridized carbons (Fsp3) is 0.538. The molecular formula is C13H21NO2. The fourth-order valence-electron chi connectivity index (χ4n) is 1.41. The van der Waals surface area contributed by atoms with Crippen molar-refractivity contribution in [3.8, 4) is 5.75 Å². The molecular weight excluding hydrogens is 202 g/mol. The van der Waals surface area contributed by atoms with Crippen molar-refractivity contribution in [2.45, 2.75) is 19.9 Å². The first kappa shape index (κ1) is 13.0. The van der Waals surface area contributed by atoms with Crippen LogP contribution in [-0.2, 0) is 11.3 Å². The van der Waals surface area contributed by atoms with E-state index in [1.165, 1.54) is 5.56 Å². The first-order valence-electron chi connectivity index (χ1n) is 5.78. The molecule has 1 rings (SSSR count). The lowest BCUT2D eigenvalue weighted by atomic mass is 10.2. The zero-order valence-electron chi connectivity index (χ0n) is 10.2. The van der Waals surface area contributed by atoms with Gasteiger partial charge in [0.15, 0.2) is 0 Å². The molecule has 1 aromatic carbocycles. The van der Waals surface area contributed by atoms with Crippen LogP contribution in [-0.4, -0.2) is 26.9 Å². The molecule has 0 spiro atoms. The lowest BCUT2D eigenvalue weighted by Gasteiger charge is -2.08. The number of hydrogen-bond donors (Lipinski definition) is 1. The molecule has 0 bridgehead atoms. The van der Waals surface area contributed by atoms with Crippen LogP contribution in [0.1, 0.15) is 18.9 Å². The molecule has 0 unspecified atom stereocenters. The summed E-state index contributed by atoms with van der Waals surface area (Å²) in [7, 11) is 1.71. The lowest BCUT2D eigenvalue weighted by Crippen LogP contribution is -2.11. The van der Waals surface area contributed by atoms with Gasteiger partial charge in [0.2, 0.25) is 0 Å². The number of nitrogens with one attached hydrogen (secondary N) is 1. The fourth-order valence-corrected chi connectivity index (χ4v) is 1.41.